The summed E-state index contributed by atoms with van der Waals surface area (Å²) in [6.07, 6.45) is 7.09. The SMILES string of the molecule is CSc1nccc(-c2nc(-c3cc(S(=O)(=O)NC45CC(CO)(C4)C5)ccc3C)cnc2N)n1. The third kappa shape index (κ3) is 3.78. The van der Waals surface area contributed by atoms with E-state index in [1.54, 1.807) is 30.5 Å². The number of thioether (sulfide) groups is 1. The van der Waals surface area contributed by atoms with Gasteiger partial charge in [-0.1, -0.05) is 17.8 Å². The molecule has 2 heterocycles. The van der Waals surface area contributed by atoms with Gasteiger partial charge in [0.05, 0.1) is 22.5 Å². The summed E-state index contributed by atoms with van der Waals surface area (Å²) in [5.74, 6) is 0.231. The van der Waals surface area contributed by atoms with Gasteiger partial charge in [0.15, 0.2) is 11.0 Å². The van der Waals surface area contributed by atoms with Gasteiger partial charge in [0, 0.05) is 23.9 Å². The molecule has 3 aliphatic rings. The van der Waals surface area contributed by atoms with Gasteiger partial charge in [-0.05, 0) is 61.6 Å². The van der Waals surface area contributed by atoms with Crippen molar-refractivity contribution in [3.8, 4) is 22.6 Å². The van der Waals surface area contributed by atoms with Crippen LogP contribution in [0.5, 0.6) is 0 Å². The summed E-state index contributed by atoms with van der Waals surface area (Å²) in [6, 6.07) is 6.68. The number of anilines is 1. The van der Waals surface area contributed by atoms with E-state index in [0.717, 1.165) is 5.56 Å². The molecule has 0 atom stereocenters. The number of nitrogens with two attached hydrogens (primary N) is 1. The second-order valence-electron chi connectivity index (χ2n) is 8.97. The number of aliphatic hydroxyl groups is 1. The smallest absolute Gasteiger partial charge is 0.241 e. The van der Waals surface area contributed by atoms with E-state index in [1.165, 1.54) is 18.0 Å². The Bertz CT molecular complexity index is 1340. The summed E-state index contributed by atoms with van der Waals surface area (Å²) in [4.78, 5) is 17.8. The van der Waals surface area contributed by atoms with Gasteiger partial charge in [-0.3, -0.25) is 0 Å². The lowest BCUT2D eigenvalue weighted by Crippen LogP contribution is -2.75. The van der Waals surface area contributed by atoms with E-state index in [1.807, 2.05) is 13.2 Å². The largest absolute Gasteiger partial charge is 0.396 e. The molecular weight excluding hydrogens is 460 g/mol. The molecule has 0 aliphatic heterocycles. The van der Waals surface area contributed by atoms with Crippen molar-refractivity contribution in [3.63, 3.8) is 0 Å². The zero-order valence-electron chi connectivity index (χ0n) is 18.2. The predicted octanol–water partition coefficient (Wildman–Crippen LogP) is 2.41. The van der Waals surface area contributed by atoms with Crippen molar-refractivity contribution in [1.29, 1.82) is 0 Å². The first-order valence-corrected chi connectivity index (χ1v) is 13.1. The minimum absolute atomic E-state index is 0.0892. The van der Waals surface area contributed by atoms with Gasteiger partial charge in [-0.25, -0.2) is 33.1 Å². The Morgan fingerprint density at radius 2 is 1.91 bits per heavy atom. The monoisotopic (exact) mass is 484 g/mol. The van der Waals surface area contributed by atoms with Crippen LogP contribution < -0.4 is 10.5 Å². The van der Waals surface area contributed by atoms with Crippen molar-refractivity contribution in [1.82, 2.24) is 24.7 Å². The number of aryl methyl sites for hydroxylation is 1. The number of nitrogens with zero attached hydrogens (tertiary/aromatic N) is 4. The molecule has 2 bridgehead atoms. The van der Waals surface area contributed by atoms with Crippen LogP contribution in [0.1, 0.15) is 24.8 Å². The van der Waals surface area contributed by atoms with E-state index in [2.05, 4.69) is 24.7 Å². The van der Waals surface area contributed by atoms with Crippen LogP contribution >= 0.6 is 11.8 Å². The molecule has 4 N–H and O–H groups in total. The number of hydrogen-bond acceptors (Lipinski definition) is 9. The molecule has 3 saturated carbocycles. The molecule has 33 heavy (non-hydrogen) atoms. The number of benzene rings is 1. The number of rotatable bonds is 7. The van der Waals surface area contributed by atoms with Crippen LogP contribution in [0, 0.1) is 12.3 Å². The lowest BCUT2D eigenvalue weighted by atomic mass is 9.40. The predicted molar refractivity (Wildman–Crippen MR) is 126 cm³/mol. The average Bonchev–Trinajstić information content (AvgIpc) is 2.76. The van der Waals surface area contributed by atoms with Crippen molar-refractivity contribution in [3.05, 3.63) is 42.2 Å². The summed E-state index contributed by atoms with van der Waals surface area (Å²) in [7, 11) is -3.73. The number of hydrogen-bond donors (Lipinski definition) is 3. The summed E-state index contributed by atoms with van der Waals surface area (Å²) in [5, 5.41) is 10.0. The first kappa shape index (κ1) is 22.2. The van der Waals surface area contributed by atoms with Gasteiger partial charge in [0.25, 0.3) is 0 Å². The molecule has 172 valence electrons. The number of aromatic nitrogens is 4. The quantitative estimate of drug-likeness (QED) is 0.340. The average molecular weight is 485 g/mol. The zero-order valence-corrected chi connectivity index (χ0v) is 19.9. The number of nitrogen functional groups attached to an aromatic ring is 1. The highest BCUT2D eigenvalue weighted by molar-refractivity contribution is 7.98. The molecule has 0 saturated heterocycles. The molecule has 11 heteroatoms. The van der Waals surface area contributed by atoms with Crippen molar-refractivity contribution in [2.24, 2.45) is 5.41 Å². The van der Waals surface area contributed by atoms with Crippen LogP contribution in [0.15, 0.2) is 46.7 Å². The van der Waals surface area contributed by atoms with Crippen LogP contribution in [0.3, 0.4) is 0 Å². The Morgan fingerprint density at radius 1 is 1.15 bits per heavy atom. The maximum atomic E-state index is 13.1. The summed E-state index contributed by atoms with van der Waals surface area (Å²) in [5.41, 5.74) is 8.54. The summed E-state index contributed by atoms with van der Waals surface area (Å²) in [6.45, 7) is 1.99. The molecule has 9 nitrogen and oxygen atoms in total. The van der Waals surface area contributed by atoms with Gasteiger partial charge in [0.2, 0.25) is 10.0 Å². The highest BCUT2D eigenvalue weighted by Crippen LogP contribution is 2.67. The van der Waals surface area contributed by atoms with Crippen molar-refractivity contribution in [2.75, 3.05) is 18.6 Å². The summed E-state index contributed by atoms with van der Waals surface area (Å²) >= 11 is 1.41. The van der Waals surface area contributed by atoms with Crippen LogP contribution in [0.2, 0.25) is 0 Å². The van der Waals surface area contributed by atoms with Crippen LogP contribution in [-0.2, 0) is 10.0 Å². The number of sulfonamides is 1. The van der Waals surface area contributed by atoms with E-state index in [0.29, 0.717) is 47.1 Å². The Kier molecular flexibility index (Phi) is 5.20. The van der Waals surface area contributed by atoms with Crippen LogP contribution in [-0.4, -0.2) is 51.9 Å². The minimum atomic E-state index is -3.73. The van der Waals surface area contributed by atoms with Crippen molar-refractivity contribution in [2.45, 2.75) is 41.8 Å². The van der Waals surface area contributed by atoms with Crippen LogP contribution in [0.4, 0.5) is 5.82 Å². The van der Waals surface area contributed by atoms with Crippen molar-refractivity contribution < 1.29 is 13.5 Å². The first-order valence-electron chi connectivity index (χ1n) is 10.4. The standard InChI is InChI=1S/C22H24N6O3S2/c1-13-3-4-14(33(30,31)28-22-9-21(10-22,11-22)12-29)7-15(13)17-8-25-19(23)18(26-17)16-5-6-24-20(27-16)32-2/h3-8,28-29H,9-12H2,1-2H3,(H2,23,25). The van der Waals surface area contributed by atoms with E-state index in [-0.39, 0.29) is 22.7 Å². The fraction of sp³-hybridized carbons (Fsp3) is 0.364. The molecule has 0 amide bonds. The molecule has 3 fully saturated rings. The van der Waals surface area contributed by atoms with Gasteiger partial charge in [-0.15, -0.1) is 0 Å². The minimum Gasteiger partial charge on any atom is -0.396 e. The zero-order chi connectivity index (χ0) is 23.4. The maximum absolute atomic E-state index is 13.1. The normalized spacial score (nSPS) is 23.6. The highest BCUT2D eigenvalue weighted by Gasteiger charge is 2.68. The van der Waals surface area contributed by atoms with Crippen LogP contribution in [0.25, 0.3) is 22.6 Å². The fourth-order valence-corrected chi connectivity index (χ4v) is 6.73. The topological polar surface area (TPSA) is 144 Å². The third-order valence-corrected chi connectivity index (χ3v) is 8.62. The molecule has 0 radical (unpaired) electrons. The second kappa shape index (κ2) is 7.73. The Balaban J connectivity index is 1.48. The Labute approximate surface area is 196 Å². The van der Waals surface area contributed by atoms with E-state index in [4.69, 9.17) is 5.73 Å². The molecule has 6 rings (SSSR count). The number of aliphatic hydroxyl groups excluding tert-OH is 1. The molecule has 2 aromatic heterocycles. The molecular formula is C22H24N6O3S2. The lowest BCUT2D eigenvalue weighted by molar-refractivity contribution is -0.167. The molecule has 3 aliphatic carbocycles. The van der Waals surface area contributed by atoms with Gasteiger partial charge in [0.1, 0.15) is 5.69 Å². The molecule has 3 aromatic rings. The van der Waals surface area contributed by atoms with Gasteiger partial charge >= 0.3 is 0 Å². The Hall–Kier alpha value is -2.60. The molecule has 0 unspecified atom stereocenters. The second-order valence-corrected chi connectivity index (χ2v) is 11.4. The maximum Gasteiger partial charge on any atom is 0.241 e. The highest BCUT2D eigenvalue weighted by atomic mass is 32.2. The van der Waals surface area contributed by atoms with E-state index < -0.39 is 15.6 Å². The molecule has 1 aromatic carbocycles. The lowest BCUT2D eigenvalue weighted by Gasteiger charge is -2.69. The van der Waals surface area contributed by atoms with E-state index >= 15 is 0 Å². The molecule has 0 spiro atoms. The Morgan fingerprint density at radius 3 is 2.61 bits per heavy atom. The van der Waals surface area contributed by atoms with Gasteiger partial charge < -0.3 is 10.8 Å². The van der Waals surface area contributed by atoms with Crippen molar-refractivity contribution >= 4 is 27.6 Å². The first-order chi connectivity index (χ1) is 15.7. The number of nitrogens with one attached hydrogen (secondary N) is 1. The third-order valence-electron chi connectivity index (χ3n) is 6.48. The van der Waals surface area contributed by atoms with Gasteiger partial charge in [-0.2, -0.15) is 0 Å². The van der Waals surface area contributed by atoms with E-state index in [9.17, 15) is 13.5 Å². The fourth-order valence-electron chi connectivity index (χ4n) is 4.95. The summed E-state index contributed by atoms with van der Waals surface area (Å²) < 4.78 is 29.1.